The van der Waals surface area contributed by atoms with Crippen LogP contribution in [-0.4, -0.2) is 28.0 Å². The number of aryl methyl sites for hydroxylation is 2. The van der Waals surface area contributed by atoms with Crippen molar-refractivity contribution in [3.05, 3.63) is 135 Å². The number of halogens is 1. The first-order valence-electron chi connectivity index (χ1n) is 14.4. The van der Waals surface area contributed by atoms with E-state index < -0.39 is 11.8 Å². The Morgan fingerprint density at radius 1 is 0.848 bits per heavy atom. The zero-order chi connectivity index (χ0) is 32.6. The van der Waals surface area contributed by atoms with E-state index in [1.165, 1.54) is 28.7 Å². The summed E-state index contributed by atoms with van der Waals surface area (Å²) in [5.41, 5.74) is 4.90. The summed E-state index contributed by atoms with van der Waals surface area (Å²) in [6, 6.07) is 31.5. The van der Waals surface area contributed by atoms with Crippen LogP contribution in [0.4, 0.5) is 10.8 Å². The largest absolute Gasteiger partial charge is 0.321 e. The number of benzene rings is 4. The first-order valence-corrected chi connectivity index (χ1v) is 16.9. The molecule has 1 unspecified atom stereocenters. The molecule has 0 saturated heterocycles. The van der Waals surface area contributed by atoms with Gasteiger partial charge in [-0.1, -0.05) is 76.1 Å². The predicted molar refractivity (Wildman–Crippen MR) is 192 cm³/mol. The fourth-order valence-corrected chi connectivity index (χ4v) is 6.35. The van der Waals surface area contributed by atoms with Gasteiger partial charge in [-0.25, -0.2) is 4.98 Å². The molecule has 7 nitrogen and oxygen atoms in total. The van der Waals surface area contributed by atoms with E-state index in [-0.39, 0.29) is 16.9 Å². The van der Waals surface area contributed by atoms with Crippen LogP contribution >= 0.6 is 39.0 Å². The van der Waals surface area contributed by atoms with Crippen molar-refractivity contribution in [2.24, 2.45) is 0 Å². The molecule has 4 aromatic carbocycles. The zero-order valence-electron chi connectivity index (χ0n) is 25.3. The van der Waals surface area contributed by atoms with Gasteiger partial charge in [-0.05, 0) is 80.9 Å². The molecule has 0 fully saturated rings. The number of anilines is 2. The summed E-state index contributed by atoms with van der Waals surface area (Å²) in [6.45, 7) is 5.88. The normalized spacial score (nSPS) is 11.9. The third-order valence-electron chi connectivity index (χ3n) is 6.86. The molecule has 1 aromatic heterocycles. The molecule has 46 heavy (non-hydrogen) atoms. The van der Waals surface area contributed by atoms with E-state index in [1.807, 2.05) is 87.5 Å². The van der Waals surface area contributed by atoms with Crippen molar-refractivity contribution in [3.8, 4) is 11.3 Å². The Morgan fingerprint density at radius 3 is 2.20 bits per heavy atom. The minimum atomic E-state index is -0.468. The summed E-state index contributed by atoms with van der Waals surface area (Å²) in [5, 5.41) is 8.74. The van der Waals surface area contributed by atoms with Crippen LogP contribution in [0.5, 0.6) is 0 Å². The van der Waals surface area contributed by atoms with Gasteiger partial charge in [-0.15, -0.1) is 23.1 Å². The lowest BCUT2D eigenvalue weighted by molar-refractivity contribution is -0.115. The highest BCUT2D eigenvalue weighted by Crippen LogP contribution is 2.32. The van der Waals surface area contributed by atoms with E-state index in [2.05, 4.69) is 36.9 Å². The fourth-order valence-electron chi connectivity index (χ4n) is 4.38. The average molecular weight is 712 g/mol. The van der Waals surface area contributed by atoms with E-state index in [9.17, 15) is 14.4 Å². The van der Waals surface area contributed by atoms with E-state index in [0.717, 1.165) is 31.1 Å². The van der Waals surface area contributed by atoms with Crippen molar-refractivity contribution >= 4 is 73.6 Å². The number of thioether (sulfide) groups is 1. The van der Waals surface area contributed by atoms with Crippen LogP contribution in [0.25, 0.3) is 17.3 Å². The Hall–Kier alpha value is -4.51. The van der Waals surface area contributed by atoms with Gasteiger partial charge in [-0.3, -0.25) is 14.4 Å². The van der Waals surface area contributed by atoms with Gasteiger partial charge < -0.3 is 16.0 Å². The second-order valence-electron chi connectivity index (χ2n) is 10.4. The van der Waals surface area contributed by atoms with Crippen LogP contribution in [0.3, 0.4) is 0 Å². The Bertz CT molecular complexity index is 1870. The van der Waals surface area contributed by atoms with E-state index >= 15 is 0 Å². The second-order valence-corrected chi connectivity index (χ2v) is 14.0. The van der Waals surface area contributed by atoms with Crippen LogP contribution in [0.15, 0.2) is 118 Å². The lowest BCUT2D eigenvalue weighted by atomic mass is 10.1. The number of hydrogen-bond acceptors (Lipinski definition) is 6. The molecular formula is C36H31BrN4O3S2. The molecule has 0 aliphatic carbocycles. The van der Waals surface area contributed by atoms with Crippen molar-refractivity contribution in [1.82, 2.24) is 10.3 Å². The number of carbonyl (C=O) groups is 3. The van der Waals surface area contributed by atoms with Crippen molar-refractivity contribution in [2.45, 2.75) is 30.9 Å². The number of hydrogen-bond donors (Lipinski definition) is 3. The third kappa shape index (κ3) is 8.81. The summed E-state index contributed by atoms with van der Waals surface area (Å²) < 4.78 is 0.902. The molecule has 1 atom stereocenters. The SMILES string of the molecule is Cc1ccc(-c2nc(NC(=O)C(C)Sc3ccc(NC(=O)/C(=C/c4ccc(Br)cc4)NC(=O)c4ccccc4)cc3)sc2C)cc1. The van der Waals surface area contributed by atoms with Crippen LogP contribution in [-0.2, 0) is 9.59 Å². The first kappa shape index (κ1) is 32.9. The number of nitrogens with one attached hydrogen (secondary N) is 3. The number of amides is 3. The lowest BCUT2D eigenvalue weighted by Gasteiger charge is -2.13. The van der Waals surface area contributed by atoms with Crippen LogP contribution in [0.2, 0.25) is 0 Å². The van der Waals surface area contributed by atoms with Gasteiger partial charge in [0.1, 0.15) is 5.70 Å². The summed E-state index contributed by atoms with van der Waals surface area (Å²) >= 11 is 6.27. The molecule has 0 radical (unpaired) electrons. The maximum Gasteiger partial charge on any atom is 0.272 e. The van der Waals surface area contributed by atoms with Gasteiger partial charge in [0.25, 0.3) is 11.8 Å². The van der Waals surface area contributed by atoms with Gasteiger partial charge >= 0.3 is 0 Å². The Morgan fingerprint density at radius 2 is 1.52 bits per heavy atom. The van der Waals surface area contributed by atoms with E-state index in [0.29, 0.717) is 16.4 Å². The van der Waals surface area contributed by atoms with E-state index in [4.69, 9.17) is 0 Å². The quantitative estimate of drug-likeness (QED) is 0.0995. The zero-order valence-corrected chi connectivity index (χ0v) is 28.6. The third-order valence-corrected chi connectivity index (χ3v) is 9.38. The van der Waals surface area contributed by atoms with Gasteiger partial charge in [0, 0.05) is 31.1 Å². The number of nitrogens with zero attached hydrogens (tertiary/aromatic N) is 1. The van der Waals surface area contributed by atoms with Crippen LogP contribution in [0, 0.1) is 13.8 Å². The van der Waals surface area contributed by atoms with Crippen molar-refractivity contribution in [2.75, 3.05) is 10.6 Å². The molecule has 0 aliphatic heterocycles. The summed E-state index contributed by atoms with van der Waals surface area (Å²) in [4.78, 5) is 45.8. The minimum absolute atomic E-state index is 0.0999. The Balaban J connectivity index is 1.22. The fraction of sp³-hybridized carbons (Fsp3) is 0.111. The Kier molecular flexibility index (Phi) is 10.8. The highest BCUT2D eigenvalue weighted by molar-refractivity contribution is 9.10. The summed E-state index contributed by atoms with van der Waals surface area (Å²) in [6.07, 6.45) is 1.63. The highest BCUT2D eigenvalue weighted by Gasteiger charge is 2.19. The predicted octanol–water partition coefficient (Wildman–Crippen LogP) is 8.72. The number of rotatable bonds is 10. The van der Waals surface area contributed by atoms with Crippen LogP contribution < -0.4 is 16.0 Å². The maximum atomic E-state index is 13.3. The molecule has 5 aromatic rings. The van der Waals surface area contributed by atoms with Crippen LogP contribution in [0.1, 0.15) is 33.3 Å². The monoisotopic (exact) mass is 710 g/mol. The number of aromatic nitrogens is 1. The molecule has 1 heterocycles. The van der Waals surface area contributed by atoms with Gasteiger partial charge in [0.2, 0.25) is 5.91 Å². The van der Waals surface area contributed by atoms with Crippen molar-refractivity contribution in [3.63, 3.8) is 0 Å². The Labute approximate surface area is 284 Å². The summed E-state index contributed by atoms with van der Waals surface area (Å²) in [5.74, 6) is -1.01. The molecular weight excluding hydrogens is 680 g/mol. The van der Waals surface area contributed by atoms with E-state index in [1.54, 1.807) is 42.5 Å². The first-order chi connectivity index (χ1) is 22.1. The van der Waals surface area contributed by atoms with Gasteiger partial charge in [0.15, 0.2) is 5.13 Å². The second kappa shape index (κ2) is 15.2. The topological polar surface area (TPSA) is 100 Å². The molecule has 0 aliphatic rings. The highest BCUT2D eigenvalue weighted by atomic mass is 79.9. The molecule has 232 valence electrons. The molecule has 0 saturated carbocycles. The van der Waals surface area contributed by atoms with Crippen molar-refractivity contribution in [1.29, 1.82) is 0 Å². The number of carbonyl (C=O) groups excluding carboxylic acids is 3. The lowest BCUT2D eigenvalue weighted by Crippen LogP contribution is -2.30. The standard InChI is InChI=1S/C36H31BrN4O3S2/c1-22-9-13-26(14-10-22)32-23(2)46-36(40-32)41-33(42)24(3)45-30-19-17-29(18-20-30)38-35(44)31(21-25-11-15-28(37)16-12-25)39-34(43)27-7-5-4-6-8-27/h4-21,24H,1-3H3,(H,38,44)(H,39,43)(H,40,41,42)/b31-21-. The molecule has 10 heteroatoms. The number of thiazole rings is 1. The van der Waals surface area contributed by atoms with Gasteiger partial charge in [-0.2, -0.15) is 0 Å². The average Bonchev–Trinajstić information content (AvgIpc) is 3.42. The molecule has 5 rings (SSSR count). The molecule has 3 N–H and O–H groups in total. The smallest absolute Gasteiger partial charge is 0.272 e. The molecule has 0 spiro atoms. The minimum Gasteiger partial charge on any atom is -0.321 e. The summed E-state index contributed by atoms with van der Waals surface area (Å²) in [7, 11) is 0. The van der Waals surface area contributed by atoms with Gasteiger partial charge in [0.05, 0.1) is 10.9 Å². The molecule has 0 bridgehead atoms. The van der Waals surface area contributed by atoms with Crippen molar-refractivity contribution < 1.29 is 14.4 Å². The maximum absolute atomic E-state index is 13.3. The molecule has 3 amide bonds.